The highest BCUT2D eigenvalue weighted by Gasteiger charge is 2.52. The average molecular weight is 683 g/mol. The minimum Gasteiger partial charge on any atom is -0.496 e. The molecule has 0 unspecified atom stereocenters. The first-order valence-electron chi connectivity index (χ1n) is 14.8. The summed E-state index contributed by atoms with van der Waals surface area (Å²) in [5.41, 5.74) is -0.426. The summed E-state index contributed by atoms with van der Waals surface area (Å²) >= 11 is 0. The van der Waals surface area contributed by atoms with Gasteiger partial charge < -0.3 is 73.6 Å². The summed E-state index contributed by atoms with van der Waals surface area (Å²) in [4.78, 5) is 28.4. The van der Waals surface area contributed by atoms with Crippen LogP contribution in [0.25, 0.3) is 0 Å². The predicted molar refractivity (Wildman–Crippen MR) is 158 cm³/mol. The van der Waals surface area contributed by atoms with E-state index in [1.54, 1.807) is 0 Å². The Balaban J connectivity index is 1.63. The highest BCUT2D eigenvalue weighted by molar-refractivity contribution is 6.31. The van der Waals surface area contributed by atoms with Crippen molar-refractivity contribution in [1.82, 2.24) is 0 Å². The standard InChI is InChI=1S/C31H38O17/c1-10-13(41-2)6-11-17(22(37)18-12(19(11)34)7-14(42-3)27(43-4)28(18)44-5)26(10)47-31-29(24(39)21(36)16(9-33)46-31)48-30-25(40)23(38)20(35)15(8-32)45-30/h6-7,15-16,20-21,23-25,29-33,35-36,38-40H,8-9H2,1-5H3/t15-,16-,20-,21-,23+,24-,25-,29-,30+,31+/m0/s1. The topological polar surface area (TPSA) is 250 Å². The number of carbonyl (C=O) groups is 2. The van der Waals surface area contributed by atoms with Gasteiger partial charge in [0.1, 0.15) is 54.2 Å². The number of ether oxygens (including phenoxy) is 8. The molecule has 2 aliphatic heterocycles. The minimum absolute atomic E-state index is 0.0440. The molecule has 10 atom stereocenters. The summed E-state index contributed by atoms with van der Waals surface area (Å²) in [6.07, 6.45) is -17.4. The molecule has 2 heterocycles. The fourth-order valence-corrected chi connectivity index (χ4v) is 6.07. The van der Waals surface area contributed by atoms with Crippen LogP contribution in [0, 0.1) is 6.92 Å². The third kappa shape index (κ3) is 5.75. The smallest absolute Gasteiger partial charge is 0.229 e. The second-order valence-corrected chi connectivity index (χ2v) is 11.3. The second-order valence-electron chi connectivity index (χ2n) is 11.3. The molecule has 7 N–H and O–H groups in total. The van der Waals surface area contributed by atoms with Crippen LogP contribution in [0.5, 0.6) is 28.7 Å². The number of ketones is 2. The lowest BCUT2D eigenvalue weighted by molar-refractivity contribution is -0.357. The first kappa shape index (κ1) is 35.7. The molecular weight excluding hydrogens is 644 g/mol. The highest BCUT2D eigenvalue weighted by Crippen LogP contribution is 2.49. The molecule has 3 aliphatic rings. The summed E-state index contributed by atoms with van der Waals surface area (Å²) in [6, 6.07) is 2.69. The lowest BCUT2D eigenvalue weighted by Gasteiger charge is -2.46. The van der Waals surface area contributed by atoms with Crippen molar-refractivity contribution >= 4 is 11.6 Å². The number of rotatable bonds is 10. The maximum Gasteiger partial charge on any atom is 0.229 e. The van der Waals surface area contributed by atoms with E-state index in [1.807, 2.05) is 0 Å². The molecule has 48 heavy (non-hydrogen) atoms. The van der Waals surface area contributed by atoms with E-state index in [4.69, 9.17) is 37.9 Å². The maximum absolute atomic E-state index is 14.4. The molecule has 0 radical (unpaired) electrons. The molecule has 0 bridgehead atoms. The molecule has 17 nitrogen and oxygen atoms in total. The zero-order valence-electron chi connectivity index (χ0n) is 26.6. The van der Waals surface area contributed by atoms with Crippen LogP contribution >= 0.6 is 0 Å². The molecule has 264 valence electrons. The van der Waals surface area contributed by atoms with Gasteiger partial charge in [-0.05, 0) is 19.1 Å². The van der Waals surface area contributed by atoms with E-state index >= 15 is 0 Å². The van der Waals surface area contributed by atoms with Crippen LogP contribution in [-0.4, -0.2) is 150 Å². The fourth-order valence-electron chi connectivity index (χ4n) is 6.07. The van der Waals surface area contributed by atoms with Gasteiger partial charge in [0, 0.05) is 16.7 Å². The van der Waals surface area contributed by atoms with Gasteiger partial charge in [-0.3, -0.25) is 9.59 Å². The van der Waals surface area contributed by atoms with Crippen LogP contribution in [-0.2, 0) is 14.2 Å². The summed E-state index contributed by atoms with van der Waals surface area (Å²) in [5, 5.41) is 72.4. The Kier molecular flexibility index (Phi) is 10.5. The Labute approximate surface area is 273 Å². The summed E-state index contributed by atoms with van der Waals surface area (Å²) in [6.45, 7) is -0.0706. The first-order chi connectivity index (χ1) is 22.9. The van der Waals surface area contributed by atoms with Crippen molar-refractivity contribution in [3.8, 4) is 28.7 Å². The maximum atomic E-state index is 14.4. The quantitative estimate of drug-likeness (QED) is 0.120. The monoisotopic (exact) mass is 682 g/mol. The van der Waals surface area contributed by atoms with Gasteiger partial charge in [-0.25, -0.2) is 0 Å². The van der Waals surface area contributed by atoms with Gasteiger partial charge in [-0.2, -0.15) is 0 Å². The molecule has 0 spiro atoms. The van der Waals surface area contributed by atoms with E-state index in [-0.39, 0.29) is 56.6 Å². The van der Waals surface area contributed by atoms with Crippen LogP contribution < -0.4 is 23.7 Å². The molecule has 17 heteroatoms. The molecule has 1 aliphatic carbocycles. The predicted octanol–water partition coefficient (Wildman–Crippen LogP) is -2.19. The summed E-state index contributed by atoms with van der Waals surface area (Å²) < 4.78 is 44.9. The Bertz CT molecular complexity index is 1540. The molecule has 0 amide bonds. The molecule has 2 aromatic carbocycles. The van der Waals surface area contributed by atoms with Gasteiger partial charge in [0.25, 0.3) is 0 Å². The second kappa shape index (κ2) is 14.1. The van der Waals surface area contributed by atoms with E-state index < -0.39 is 86.2 Å². The fraction of sp³-hybridized carbons (Fsp3) is 0.548. The zero-order valence-corrected chi connectivity index (χ0v) is 26.6. The molecule has 0 saturated carbocycles. The van der Waals surface area contributed by atoms with Crippen molar-refractivity contribution in [2.75, 3.05) is 41.7 Å². The largest absolute Gasteiger partial charge is 0.496 e. The van der Waals surface area contributed by atoms with Crippen molar-refractivity contribution < 1.29 is 83.2 Å². The van der Waals surface area contributed by atoms with Gasteiger partial charge in [0.2, 0.25) is 17.8 Å². The third-order valence-corrected chi connectivity index (χ3v) is 8.67. The molecule has 0 aromatic heterocycles. The van der Waals surface area contributed by atoms with E-state index in [2.05, 4.69) is 0 Å². The van der Waals surface area contributed by atoms with E-state index in [0.717, 1.165) is 0 Å². The minimum atomic E-state index is -1.91. The highest BCUT2D eigenvalue weighted by atomic mass is 16.8. The molecule has 2 aromatic rings. The molecule has 2 saturated heterocycles. The number of aliphatic hydroxyl groups is 7. The number of carbonyl (C=O) groups excluding carboxylic acids is 2. The SMILES string of the molecule is COc1cc2c(c(O[C@H]3O[C@@H](CO)[C@H](O)[C@H](O)[C@@H]3O[C@H]3O[C@@H](CO)[C@H](O)[C@@H](O)[C@@H]3O)c1C)C(=O)c1c(cc(OC)c(OC)c1OC)C2=O. The van der Waals surface area contributed by atoms with Gasteiger partial charge in [0.15, 0.2) is 29.7 Å². The average Bonchev–Trinajstić information content (AvgIpc) is 3.09. The van der Waals surface area contributed by atoms with Crippen molar-refractivity contribution in [3.05, 3.63) is 39.9 Å². The van der Waals surface area contributed by atoms with Crippen LogP contribution in [0.3, 0.4) is 0 Å². The van der Waals surface area contributed by atoms with Crippen LogP contribution in [0.15, 0.2) is 12.1 Å². The Morgan fingerprint density at radius 3 is 1.69 bits per heavy atom. The Morgan fingerprint density at radius 1 is 0.625 bits per heavy atom. The van der Waals surface area contributed by atoms with Gasteiger partial charge in [-0.1, -0.05) is 0 Å². The van der Waals surface area contributed by atoms with Crippen molar-refractivity contribution in [1.29, 1.82) is 0 Å². The van der Waals surface area contributed by atoms with Crippen LogP contribution in [0.4, 0.5) is 0 Å². The molecule has 5 rings (SSSR count). The summed E-state index contributed by atoms with van der Waals surface area (Å²) in [7, 11) is 5.28. The lowest BCUT2D eigenvalue weighted by atomic mass is 9.81. The number of benzene rings is 2. The summed E-state index contributed by atoms with van der Waals surface area (Å²) in [5.74, 6) is -1.45. The van der Waals surface area contributed by atoms with Crippen LogP contribution in [0.2, 0.25) is 0 Å². The molecular formula is C31H38O17. The molecule has 2 fully saturated rings. The van der Waals surface area contributed by atoms with E-state index in [9.17, 15) is 45.3 Å². The lowest BCUT2D eigenvalue weighted by Crippen LogP contribution is -2.65. The zero-order chi connectivity index (χ0) is 35.2. The van der Waals surface area contributed by atoms with Gasteiger partial charge in [0.05, 0.1) is 52.8 Å². The van der Waals surface area contributed by atoms with Gasteiger partial charge >= 0.3 is 0 Å². The van der Waals surface area contributed by atoms with Crippen molar-refractivity contribution in [3.63, 3.8) is 0 Å². The van der Waals surface area contributed by atoms with E-state index in [0.29, 0.717) is 0 Å². The Hall–Kier alpha value is -3.62. The number of methoxy groups -OCH3 is 4. The van der Waals surface area contributed by atoms with E-state index in [1.165, 1.54) is 47.5 Å². The Morgan fingerprint density at radius 2 is 1.15 bits per heavy atom. The van der Waals surface area contributed by atoms with Gasteiger partial charge in [-0.15, -0.1) is 0 Å². The van der Waals surface area contributed by atoms with Crippen molar-refractivity contribution in [2.24, 2.45) is 0 Å². The van der Waals surface area contributed by atoms with Crippen molar-refractivity contribution in [2.45, 2.75) is 68.3 Å². The van der Waals surface area contributed by atoms with Crippen LogP contribution in [0.1, 0.15) is 37.4 Å². The number of hydrogen-bond acceptors (Lipinski definition) is 17. The normalized spacial score (nSPS) is 31.5. The third-order valence-electron chi connectivity index (χ3n) is 8.67. The number of fused-ring (bicyclic) bond motifs is 2. The number of hydrogen-bond donors (Lipinski definition) is 7. The first-order valence-corrected chi connectivity index (χ1v) is 14.8. The number of aliphatic hydroxyl groups excluding tert-OH is 7.